The topological polar surface area (TPSA) is 65.5 Å². The number of nitrogens with one attached hydrogen (secondary N) is 3. The summed E-state index contributed by atoms with van der Waals surface area (Å²) in [5, 5.41) is 8.67. The van der Waals surface area contributed by atoms with Gasteiger partial charge in [0.1, 0.15) is 11.6 Å². The summed E-state index contributed by atoms with van der Waals surface area (Å²) in [6.07, 6.45) is 1.96. The van der Waals surface area contributed by atoms with E-state index in [4.69, 9.17) is 0 Å². The number of amides is 1. The molecule has 0 unspecified atom stereocenters. The zero-order valence-electron chi connectivity index (χ0n) is 15.6. The average molecular weight is 520 g/mol. The normalized spacial score (nSPS) is 10.8. The molecule has 0 aliphatic carbocycles. The van der Waals surface area contributed by atoms with Crippen molar-refractivity contribution < 1.29 is 13.6 Å². The highest BCUT2D eigenvalue weighted by Gasteiger charge is 2.07. The second kappa shape index (κ2) is 12.6. The van der Waals surface area contributed by atoms with Crippen molar-refractivity contribution in [3.8, 4) is 0 Å². The van der Waals surface area contributed by atoms with Crippen molar-refractivity contribution in [1.82, 2.24) is 10.6 Å². The summed E-state index contributed by atoms with van der Waals surface area (Å²) in [5.74, 6) is 0.249. The van der Waals surface area contributed by atoms with Gasteiger partial charge in [-0.2, -0.15) is 11.8 Å². The lowest BCUT2D eigenvalue weighted by molar-refractivity contribution is -0.115. The molecule has 0 aromatic heterocycles. The molecule has 2 aromatic rings. The standard InChI is InChI=1S/C19H22F2N4OS.HI/c1-22-19(23-10-13-3-4-16(21)9-14(13)12-27-2)24-11-18(26)25-17-7-5-15(20)6-8-17;/h3-9H,10-12H2,1-2H3,(H,25,26)(H2,22,23,24);1H. The van der Waals surface area contributed by atoms with Crippen LogP contribution in [0.5, 0.6) is 0 Å². The molecule has 152 valence electrons. The molecule has 0 saturated heterocycles. The molecule has 9 heteroatoms. The molecule has 0 spiro atoms. The van der Waals surface area contributed by atoms with Gasteiger partial charge < -0.3 is 16.0 Å². The number of thioether (sulfide) groups is 1. The van der Waals surface area contributed by atoms with Crippen molar-refractivity contribution in [2.24, 2.45) is 4.99 Å². The molecule has 0 saturated carbocycles. The van der Waals surface area contributed by atoms with Crippen molar-refractivity contribution in [2.45, 2.75) is 12.3 Å². The van der Waals surface area contributed by atoms with Gasteiger partial charge in [0.15, 0.2) is 5.96 Å². The highest BCUT2D eigenvalue weighted by Crippen LogP contribution is 2.16. The third kappa shape index (κ3) is 8.01. The minimum Gasteiger partial charge on any atom is -0.352 e. The van der Waals surface area contributed by atoms with Crippen LogP contribution >= 0.6 is 35.7 Å². The van der Waals surface area contributed by atoms with E-state index in [1.807, 2.05) is 6.26 Å². The highest BCUT2D eigenvalue weighted by molar-refractivity contribution is 14.0. The van der Waals surface area contributed by atoms with E-state index in [9.17, 15) is 13.6 Å². The maximum Gasteiger partial charge on any atom is 0.243 e. The van der Waals surface area contributed by atoms with Crippen LogP contribution in [0.3, 0.4) is 0 Å². The zero-order chi connectivity index (χ0) is 19.6. The van der Waals surface area contributed by atoms with E-state index in [1.54, 1.807) is 24.9 Å². The van der Waals surface area contributed by atoms with Crippen molar-refractivity contribution in [1.29, 1.82) is 0 Å². The van der Waals surface area contributed by atoms with Gasteiger partial charge in [0.2, 0.25) is 5.91 Å². The smallest absolute Gasteiger partial charge is 0.243 e. The van der Waals surface area contributed by atoms with Crippen LogP contribution in [0.2, 0.25) is 0 Å². The molecule has 0 fully saturated rings. The molecule has 0 aliphatic heterocycles. The van der Waals surface area contributed by atoms with Crippen molar-refractivity contribution in [3.63, 3.8) is 0 Å². The molecule has 1 amide bonds. The lowest BCUT2D eigenvalue weighted by Crippen LogP contribution is -2.41. The van der Waals surface area contributed by atoms with E-state index in [0.29, 0.717) is 23.9 Å². The molecule has 0 heterocycles. The van der Waals surface area contributed by atoms with Gasteiger partial charge in [-0.1, -0.05) is 6.07 Å². The first-order valence-corrected chi connectivity index (χ1v) is 9.67. The lowest BCUT2D eigenvalue weighted by Gasteiger charge is -2.14. The summed E-state index contributed by atoms with van der Waals surface area (Å²) < 4.78 is 26.3. The lowest BCUT2D eigenvalue weighted by atomic mass is 10.1. The second-order valence-corrected chi connectivity index (χ2v) is 6.55. The molecular formula is C19H23F2IN4OS. The molecule has 28 heavy (non-hydrogen) atoms. The maximum absolute atomic E-state index is 13.4. The predicted molar refractivity (Wildman–Crippen MR) is 122 cm³/mol. The second-order valence-electron chi connectivity index (χ2n) is 5.68. The van der Waals surface area contributed by atoms with Gasteiger partial charge in [-0.3, -0.25) is 9.79 Å². The highest BCUT2D eigenvalue weighted by atomic mass is 127. The van der Waals surface area contributed by atoms with Crippen LogP contribution in [0, 0.1) is 11.6 Å². The Hall–Kier alpha value is -1.88. The van der Waals surface area contributed by atoms with E-state index in [0.717, 1.165) is 11.1 Å². The average Bonchev–Trinajstić information content (AvgIpc) is 2.65. The van der Waals surface area contributed by atoms with Crippen LogP contribution in [0.1, 0.15) is 11.1 Å². The Balaban J connectivity index is 0.00000392. The Morgan fingerprint density at radius 3 is 2.36 bits per heavy atom. The number of hydrogen-bond donors (Lipinski definition) is 3. The number of carbonyl (C=O) groups is 1. The van der Waals surface area contributed by atoms with E-state index < -0.39 is 0 Å². The minimum absolute atomic E-state index is 0. The summed E-state index contributed by atoms with van der Waals surface area (Å²) in [5.41, 5.74) is 2.39. The Labute approximate surface area is 184 Å². The summed E-state index contributed by atoms with van der Waals surface area (Å²) >= 11 is 1.62. The van der Waals surface area contributed by atoms with Gasteiger partial charge in [-0.05, 0) is 53.8 Å². The van der Waals surface area contributed by atoms with Crippen molar-refractivity contribution >= 4 is 53.3 Å². The minimum atomic E-state index is -0.364. The Morgan fingerprint density at radius 1 is 1.04 bits per heavy atom. The third-order valence-electron chi connectivity index (χ3n) is 3.68. The van der Waals surface area contributed by atoms with Crippen LogP contribution in [-0.4, -0.2) is 31.7 Å². The predicted octanol–water partition coefficient (Wildman–Crippen LogP) is 3.75. The van der Waals surface area contributed by atoms with Gasteiger partial charge in [0.25, 0.3) is 0 Å². The first-order chi connectivity index (χ1) is 13.0. The Morgan fingerprint density at radius 2 is 1.71 bits per heavy atom. The maximum atomic E-state index is 13.4. The number of nitrogens with zero attached hydrogens (tertiary/aromatic N) is 1. The van der Waals surface area contributed by atoms with Crippen LogP contribution in [0.25, 0.3) is 0 Å². The molecular weight excluding hydrogens is 497 g/mol. The number of anilines is 1. The molecule has 2 aromatic carbocycles. The van der Waals surface area contributed by atoms with Crippen LogP contribution in [-0.2, 0) is 17.1 Å². The van der Waals surface area contributed by atoms with Crippen LogP contribution in [0.15, 0.2) is 47.5 Å². The SMILES string of the molecule is CN=C(NCC(=O)Nc1ccc(F)cc1)NCc1ccc(F)cc1CSC.I. The van der Waals surface area contributed by atoms with Gasteiger partial charge in [0, 0.05) is 25.0 Å². The van der Waals surface area contributed by atoms with Crippen LogP contribution < -0.4 is 16.0 Å². The number of carbonyl (C=O) groups excluding carboxylic acids is 1. The summed E-state index contributed by atoms with van der Waals surface area (Å²) in [7, 11) is 1.60. The third-order valence-corrected chi connectivity index (χ3v) is 4.28. The van der Waals surface area contributed by atoms with Crippen LogP contribution in [0.4, 0.5) is 14.5 Å². The van der Waals surface area contributed by atoms with E-state index in [1.165, 1.54) is 36.4 Å². The summed E-state index contributed by atoms with van der Waals surface area (Å²) in [4.78, 5) is 16.0. The summed E-state index contributed by atoms with van der Waals surface area (Å²) in [6.45, 7) is 0.452. The number of halogens is 3. The first kappa shape index (κ1) is 24.2. The van der Waals surface area contributed by atoms with Gasteiger partial charge >= 0.3 is 0 Å². The molecule has 5 nitrogen and oxygen atoms in total. The number of benzene rings is 2. The number of guanidine groups is 1. The van der Waals surface area contributed by atoms with Crippen molar-refractivity contribution in [2.75, 3.05) is 25.2 Å². The monoisotopic (exact) mass is 520 g/mol. The number of rotatable bonds is 7. The fourth-order valence-corrected chi connectivity index (χ4v) is 2.94. The molecule has 0 radical (unpaired) electrons. The van der Waals surface area contributed by atoms with Gasteiger partial charge in [-0.15, -0.1) is 24.0 Å². The molecule has 0 atom stereocenters. The van der Waals surface area contributed by atoms with E-state index in [-0.39, 0.29) is 48.1 Å². The largest absolute Gasteiger partial charge is 0.352 e. The number of hydrogen-bond acceptors (Lipinski definition) is 3. The zero-order valence-corrected chi connectivity index (χ0v) is 18.7. The molecule has 0 aliphatic rings. The molecule has 3 N–H and O–H groups in total. The van der Waals surface area contributed by atoms with E-state index in [2.05, 4.69) is 20.9 Å². The quantitative estimate of drug-likeness (QED) is 0.296. The van der Waals surface area contributed by atoms with Crippen molar-refractivity contribution in [3.05, 3.63) is 65.2 Å². The van der Waals surface area contributed by atoms with E-state index >= 15 is 0 Å². The van der Waals surface area contributed by atoms with Gasteiger partial charge in [0.05, 0.1) is 6.54 Å². The molecule has 2 rings (SSSR count). The summed E-state index contributed by atoms with van der Waals surface area (Å²) in [6, 6.07) is 10.2. The Kier molecular flexibility index (Phi) is 10.8. The molecule has 0 bridgehead atoms. The van der Waals surface area contributed by atoms with Gasteiger partial charge in [-0.25, -0.2) is 8.78 Å². The first-order valence-electron chi connectivity index (χ1n) is 8.28. The fraction of sp³-hybridized carbons (Fsp3) is 0.263. The Bertz CT molecular complexity index is 803. The number of aliphatic imine (C=N–C) groups is 1. The fourth-order valence-electron chi connectivity index (χ4n) is 2.36.